The first-order valence-corrected chi connectivity index (χ1v) is 8.29. The van der Waals surface area contributed by atoms with Gasteiger partial charge in [-0.25, -0.2) is 4.79 Å². The minimum atomic E-state index is -0.643. The highest BCUT2D eigenvalue weighted by atomic mass is 16.6. The summed E-state index contributed by atoms with van der Waals surface area (Å²) in [6.07, 6.45) is -0.143. The molecule has 26 heavy (non-hydrogen) atoms. The fraction of sp³-hybridized carbons (Fsp3) is 0.444. The van der Waals surface area contributed by atoms with Gasteiger partial charge in [0.05, 0.1) is 6.61 Å². The van der Waals surface area contributed by atoms with Crippen LogP contribution >= 0.6 is 0 Å². The Hall–Kier alpha value is -2.26. The molecule has 3 rings (SSSR count). The molecule has 2 aromatic rings. The summed E-state index contributed by atoms with van der Waals surface area (Å²) in [6, 6.07) is 11.2. The summed E-state index contributed by atoms with van der Waals surface area (Å²) in [5.74, 6) is 0.459. The van der Waals surface area contributed by atoms with Crippen LogP contribution < -0.4 is 11.0 Å². The van der Waals surface area contributed by atoms with E-state index in [1.807, 2.05) is 30.3 Å². The first-order chi connectivity index (χ1) is 12.7. The Kier molecular flexibility index (Phi) is 6.00. The van der Waals surface area contributed by atoms with Crippen LogP contribution in [0.1, 0.15) is 6.23 Å². The second-order valence-corrected chi connectivity index (χ2v) is 5.91. The molecular weight excluding hydrogens is 338 g/mol. The van der Waals surface area contributed by atoms with E-state index < -0.39 is 18.0 Å². The Bertz CT molecular complexity index is 767. The molecule has 0 saturated carbocycles. The lowest BCUT2D eigenvalue weighted by atomic mass is 10.1. The number of hydrogen-bond donors (Lipinski definition) is 1. The largest absolute Gasteiger partial charge is 0.382 e. The van der Waals surface area contributed by atoms with Gasteiger partial charge in [-0.15, -0.1) is 0 Å². The number of para-hydroxylation sites is 1. The van der Waals surface area contributed by atoms with Gasteiger partial charge in [0.15, 0.2) is 6.23 Å². The number of nitrogens with zero attached hydrogens (tertiary/aromatic N) is 2. The van der Waals surface area contributed by atoms with Crippen LogP contribution in [0.3, 0.4) is 0 Å². The Morgan fingerprint density at radius 2 is 1.85 bits per heavy atom. The molecule has 1 N–H and O–H groups in total. The zero-order valence-electron chi connectivity index (χ0n) is 15.0. The van der Waals surface area contributed by atoms with Crippen LogP contribution in [0.15, 0.2) is 47.4 Å². The lowest BCUT2D eigenvalue weighted by Gasteiger charge is -2.22. The van der Waals surface area contributed by atoms with Gasteiger partial charge in [-0.05, 0) is 18.2 Å². The van der Waals surface area contributed by atoms with Crippen molar-refractivity contribution in [2.45, 2.75) is 24.5 Å². The molecule has 0 amide bonds. The lowest BCUT2D eigenvalue weighted by molar-refractivity contribution is -0.0672. The van der Waals surface area contributed by atoms with Gasteiger partial charge in [0, 0.05) is 33.2 Å². The van der Waals surface area contributed by atoms with Crippen molar-refractivity contribution < 1.29 is 18.9 Å². The Labute approximate surface area is 151 Å². The van der Waals surface area contributed by atoms with Crippen LogP contribution in [0.4, 0.5) is 11.5 Å². The zero-order valence-corrected chi connectivity index (χ0v) is 15.0. The molecule has 0 aliphatic carbocycles. The molecule has 140 valence electrons. The van der Waals surface area contributed by atoms with Gasteiger partial charge in [0.1, 0.15) is 24.1 Å². The molecule has 8 nitrogen and oxygen atoms in total. The van der Waals surface area contributed by atoms with Gasteiger partial charge in [-0.1, -0.05) is 18.2 Å². The molecule has 4 atom stereocenters. The van der Waals surface area contributed by atoms with Gasteiger partial charge in [0.2, 0.25) is 0 Å². The molecule has 1 aromatic heterocycles. The van der Waals surface area contributed by atoms with Crippen LogP contribution in [0.2, 0.25) is 0 Å². The van der Waals surface area contributed by atoms with Crippen LogP contribution in [-0.4, -0.2) is 55.8 Å². The van der Waals surface area contributed by atoms with Crippen molar-refractivity contribution in [3.8, 4) is 0 Å². The first-order valence-electron chi connectivity index (χ1n) is 8.29. The summed E-state index contributed by atoms with van der Waals surface area (Å²) in [5, 5.41) is 3.10. The standard InChI is InChI=1S/C18H23N3O5/c1-23-11-13-15(24-2)16(25-3)17(26-13)21-10-9-14(20-18(21)22)19-12-7-5-4-6-8-12/h4-10,13,15-17H,11H2,1-3H3,(H,19,20,22)/t13-,15?,16+,17-/m1/s1. The minimum absolute atomic E-state index is 0.338. The van der Waals surface area contributed by atoms with Gasteiger partial charge >= 0.3 is 5.69 Å². The highest BCUT2D eigenvalue weighted by Crippen LogP contribution is 2.32. The number of aromatic nitrogens is 2. The molecule has 1 unspecified atom stereocenters. The summed E-state index contributed by atoms with van der Waals surface area (Å²) < 4.78 is 23.6. The summed E-state index contributed by atoms with van der Waals surface area (Å²) in [5.41, 5.74) is 0.412. The normalized spacial score (nSPS) is 25.3. The molecule has 0 bridgehead atoms. The van der Waals surface area contributed by atoms with E-state index >= 15 is 0 Å². The summed E-state index contributed by atoms with van der Waals surface area (Å²) in [6.45, 7) is 0.338. The Morgan fingerprint density at radius 1 is 1.12 bits per heavy atom. The SMILES string of the molecule is COC[C@H]1O[C@@H](n2ccc(Nc3ccccc3)nc2=O)[C@@H](OC)C1OC. The number of rotatable bonds is 7. The summed E-state index contributed by atoms with van der Waals surface area (Å²) in [7, 11) is 4.73. The van der Waals surface area contributed by atoms with Gasteiger partial charge in [-0.3, -0.25) is 4.57 Å². The van der Waals surface area contributed by atoms with E-state index in [4.69, 9.17) is 18.9 Å². The number of anilines is 2. The number of ether oxygens (including phenoxy) is 4. The number of nitrogens with one attached hydrogen (secondary N) is 1. The lowest BCUT2D eigenvalue weighted by Crippen LogP contribution is -2.38. The Morgan fingerprint density at radius 3 is 2.46 bits per heavy atom. The van der Waals surface area contributed by atoms with Gasteiger partial charge in [0.25, 0.3) is 0 Å². The molecule has 1 saturated heterocycles. The molecule has 1 aliphatic rings. The molecule has 0 radical (unpaired) electrons. The van der Waals surface area contributed by atoms with Crippen LogP contribution in [0.5, 0.6) is 0 Å². The second-order valence-electron chi connectivity index (χ2n) is 5.91. The van der Waals surface area contributed by atoms with E-state index in [2.05, 4.69) is 10.3 Å². The van der Waals surface area contributed by atoms with Crippen molar-refractivity contribution in [3.05, 3.63) is 53.1 Å². The third kappa shape index (κ3) is 3.78. The summed E-state index contributed by atoms with van der Waals surface area (Å²) in [4.78, 5) is 16.6. The molecule has 0 spiro atoms. The Balaban J connectivity index is 1.83. The molecule has 1 fully saturated rings. The van der Waals surface area contributed by atoms with Crippen molar-refractivity contribution in [2.24, 2.45) is 0 Å². The van der Waals surface area contributed by atoms with Crippen LogP contribution in [-0.2, 0) is 18.9 Å². The van der Waals surface area contributed by atoms with E-state index in [1.165, 1.54) is 4.57 Å². The van der Waals surface area contributed by atoms with Crippen molar-refractivity contribution in [3.63, 3.8) is 0 Å². The van der Waals surface area contributed by atoms with Crippen molar-refractivity contribution in [1.29, 1.82) is 0 Å². The molecule has 1 aromatic carbocycles. The van der Waals surface area contributed by atoms with Crippen molar-refractivity contribution in [1.82, 2.24) is 9.55 Å². The highest BCUT2D eigenvalue weighted by Gasteiger charge is 2.46. The number of hydrogen-bond acceptors (Lipinski definition) is 7. The quantitative estimate of drug-likeness (QED) is 0.801. The molecule has 1 aliphatic heterocycles. The van der Waals surface area contributed by atoms with E-state index in [0.29, 0.717) is 12.4 Å². The predicted molar refractivity (Wildman–Crippen MR) is 95.6 cm³/mol. The van der Waals surface area contributed by atoms with Gasteiger partial charge < -0.3 is 24.3 Å². The highest BCUT2D eigenvalue weighted by molar-refractivity contribution is 5.54. The van der Waals surface area contributed by atoms with Gasteiger partial charge in [-0.2, -0.15) is 4.98 Å². The van der Waals surface area contributed by atoms with Crippen LogP contribution in [0.25, 0.3) is 0 Å². The summed E-state index contributed by atoms with van der Waals surface area (Å²) >= 11 is 0. The first kappa shape index (κ1) is 18.5. The maximum atomic E-state index is 12.5. The molecular formula is C18H23N3O5. The zero-order chi connectivity index (χ0) is 18.5. The van der Waals surface area contributed by atoms with E-state index in [1.54, 1.807) is 33.6 Å². The van der Waals surface area contributed by atoms with E-state index in [9.17, 15) is 4.79 Å². The van der Waals surface area contributed by atoms with Crippen LogP contribution in [0, 0.1) is 0 Å². The fourth-order valence-corrected chi connectivity index (χ4v) is 3.11. The third-order valence-corrected chi connectivity index (χ3v) is 4.31. The average molecular weight is 361 g/mol. The minimum Gasteiger partial charge on any atom is -0.382 e. The number of methoxy groups -OCH3 is 3. The third-order valence-electron chi connectivity index (χ3n) is 4.31. The van der Waals surface area contributed by atoms with E-state index in [0.717, 1.165) is 5.69 Å². The van der Waals surface area contributed by atoms with Crippen molar-refractivity contribution >= 4 is 11.5 Å². The maximum absolute atomic E-state index is 12.5. The fourth-order valence-electron chi connectivity index (χ4n) is 3.11. The van der Waals surface area contributed by atoms with E-state index in [-0.39, 0.29) is 12.2 Å². The maximum Gasteiger partial charge on any atom is 0.351 e. The number of benzene rings is 1. The second kappa shape index (κ2) is 8.41. The average Bonchev–Trinajstić information content (AvgIpc) is 3.00. The predicted octanol–water partition coefficient (Wildman–Crippen LogP) is 1.56. The molecule has 8 heteroatoms. The monoisotopic (exact) mass is 361 g/mol. The smallest absolute Gasteiger partial charge is 0.351 e. The topological polar surface area (TPSA) is 83.8 Å². The molecule has 2 heterocycles. The van der Waals surface area contributed by atoms with Crippen molar-refractivity contribution in [2.75, 3.05) is 33.3 Å².